The third-order valence-corrected chi connectivity index (χ3v) is 6.11. The molecule has 0 aliphatic carbocycles. The Morgan fingerprint density at radius 2 is 1.64 bits per heavy atom. The molecule has 2 aromatic heterocycles. The molecule has 36 heavy (non-hydrogen) atoms. The molecule has 1 fully saturated rings. The second-order valence-electron chi connectivity index (χ2n) is 8.22. The molecule has 1 aliphatic rings. The van der Waals surface area contributed by atoms with Crippen molar-refractivity contribution in [3.8, 4) is 5.69 Å². The summed E-state index contributed by atoms with van der Waals surface area (Å²) in [6.07, 6.45) is 2.33. The number of hydrogen-bond acceptors (Lipinski definition) is 5. The van der Waals surface area contributed by atoms with E-state index in [1.54, 1.807) is 21.9 Å². The number of aromatic nitrogens is 1. The van der Waals surface area contributed by atoms with E-state index in [1.807, 2.05) is 0 Å². The Bertz CT molecular complexity index is 1560. The maximum atomic E-state index is 15.2. The van der Waals surface area contributed by atoms with E-state index in [-0.39, 0.29) is 60.1 Å². The predicted octanol–water partition coefficient (Wildman–Crippen LogP) is 3.66. The van der Waals surface area contributed by atoms with Gasteiger partial charge in [0.25, 0.3) is 5.91 Å². The number of carbonyl (C=O) groups excluding carboxylic acids is 1. The molecule has 11 heteroatoms. The first kappa shape index (κ1) is 23.2. The zero-order valence-electron chi connectivity index (χ0n) is 18.6. The SMILES string of the molecule is O=C(O)c1cn(-c2ccc(F)cc2F)c2cc(N3CCN(C(=O)c4ccco4)CC3)c(F)cc2c1=O. The topological polar surface area (TPSA) is 96.0 Å². The number of carboxylic acids is 1. The van der Waals surface area contributed by atoms with Crippen LogP contribution in [0.2, 0.25) is 0 Å². The van der Waals surface area contributed by atoms with Crippen LogP contribution in [-0.2, 0) is 0 Å². The van der Waals surface area contributed by atoms with Crippen LogP contribution >= 0.6 is 0 Å². The van der Waals surface area contributed by atoms with Gasteiger partial charge in [-0.15, -0.1) is 0 Å². The van der Waals surface area contributed by atoms with E-state index in [0.717, 1.165) is 29.0 Å². The number of nitrogens with zero attached hydrogens (tertiary/aromatic N) is 3. The van der Waals surface area contributed by atoms with Gasteiger partial charge in [0.05, 0.1) is 23.2 Å². The zero-order chi connectivity index (χ0) is 25.6. The molecule has 0 atom stereocenters. The second-order valence-corrected chi connectivity index (χ2v) is 8.22. The van der Waals surface area contributed by atoms with Crippen molar-refractivity contribution in [3.63, 3.8) is 0 Å². The summed E-state index contributed by atoms with van der Waals surface area (Å²) in [4.78, 5) is 40.2. The fourth-order valence-electron chi connectivity index (χ4n) is 4.31. The van der Waals surface area contributed by atoms with Gasteiger partial charge in [-0.05, 0) is 36.4 Å². The lowest BCUT2D eigenvalue weighted by Gasteiger charge is -2.36. The number of piperazine rings is 1. The van der Waals surface area contributed by atoms with E-state index in [9.17, 15) is 28.3 Å². The molecule has 0 radical (unpaired) electrons. The maximum absolute atomic E-state index is 15.2. The molecule has 0 unspecified atom stereocenters. The number of pyridine rings is 1. The summed E-state index contributed by atoms with van der Waals surface area (Å²) < 4.78 is 49.6. The van der Waals surface area contributed by atoms with E-state index in [2.05, 4.69) is 0 Å². The molecule has 3 heterocycles. The predicted molar refractivity (Wildman–Crippen MR) is 123 cm³/mol. The molecular weight excluding hydrogens is 479 g/mol. The first-order valence-corrected chi connectivity index (χ1v) is 10.9. The number of benzene rings is 2. The Morgan fingerprint density at radius 1 is 0.917 bits per heavy atom. The van der Waals surface area contributed by atoms with E-state index in [4.69, 9.17) is 4.42 Å². The monoisotopic (exact) mass is 497 g/mol. The minimum Gasteiger partial charge on any atom is -0.477 e. The van der Waals surface area contributed by atoms with Gasteiger partial charge in [-0.25, -0.2) is 18.0 Å². The van der Waals surface area contributed by atoms with Crippen LogP contribution < -0.4 is 10.3 Å². The van der Waals surface area contributed by atoms with Crippen LogP contribution in [0.15, 0.2) is 64.1 Å². The molecule has 1 saturated heterocycles. The minimum atomic E-state index is -1.57. The van der Waals surface area contributed by atoms with Crippen molar-refractivity contribution in [1.82, 2.24) is 9.47 Å². The van der Waals surface area contributed by atoms with Gasteiger partial charge in [0.1, 0.15) is 23.0 Å². The van der Waals surface area contributed by atoms with Crippen LogP contribution in [0.25, 0.3) is 16.6 Å². The van der Waals surface area contributed by atoms with Gasteiger partial charge in [0.15, 0.2) is 5.76 Å². The van der Waals surface area contributed by atoms with Crippen LogP contribution in [0.4, 0.5) is 18.9 Å². The van der Waals surface area contributed by atoms with Gasteiger partial charge >= 0.3 is 5.97 Å². The quantitative estimate of drug-likeness (QED) is 0.463. The summed E-state index contributed by atoms with van der Waals surface area (Å²) in [6.45, 7) is 1.07. The van der Waals surface area contributed by atoms with Crippen molar-refractivity contribution < 1.29 is 32.3 Å². The number of furan rings is 1. The Kier molecular flexibility index (Phi) is 5.75. The van der Waals surface area contributed by atoms with Gasteiger partial charge in [0, 0.05) is 43.8 Å². The molecule has 5 rings (SSSR count). The summed E-state index contributed by atoms with van der Waals surface area (Å²) >= 11 is 0. The number of halogens is 3. The highest BCUT2D eigenvalue weighted by Crippen LogP contribution is 2.29. The lowest BCUT2D eigenvalue weighted by atomic mass is 10.1. The third kappa shape index (κ3) is 3.98. The van der Waals surface area contributed by atoms with E-state index in [1.165, 1.54) is 12.3 Å². The van der Waals surface area contributed by atoms with Gasteiger partial charge in [-0.2, -0.15) is 0 Å². The minimum absolute atomic E-state index is 0.0426. The Labute approximate surface area is 201 Å². The van der Waals surface area contributed by atoms with Gasteiger partial charge in [-0.1, -0.05) is 0 Å². The standard InChI is InChI=1S/C25H18F3N3O5/c26-14-3-4-19(17(27)10-14)31-13-16(25(34)35)23(32)15-11-18(28)21(12-20(15)31)29-5-7-30(8-6-29)24(33)22-2-1-9-36-22/h1-4,9-13H,5-8H2,(H,34,35). The normalized spacial score (nSPS) is 13.9. The number of fused-ring (bicyclic) bond motifs is 1. The van der Waals surface area contributed by atoms with Crippen molar-refractivity contribution in [2.75, 3.05) is 31.1 Å². The summed E-state index contributed by atoms with van der Waals surface area (Å²) in [6, 6.07) is 8.11. The van der Waals surface area contributed by atoms with Crippen molar-refractivity contribution in [2.45, 2.75) is 0 Å². The van der Waals surface area contributed by atoms with Crippen LogP contribution in [0, 0.1) is 17.5 Å². The highest BCUT2D eigenvalue weighted by molar-refractivity contribution is 5.94. The van der Waals surface area contributed by atoms with Crippen molar-refractivity contribution in [2.24, 2.45) is 0 Å². The smallest absolute Gasteiger partial charge is 0.341 e. The number of aromatic carboxylic acids is 1. The van der Waals surface area contributed by atoms with Crippen LogP contribution in [0.5, 0.6) is 0 Å². The Hall–Kier alpha value is -4.54. The molecule has 1 aliphatic heterocycles. The number of carboxylic acid groups (broad SMARTS) is 1. The molecule has 0 saturated carbocycles. The highest BCUT2D eigenvalue weighted by atomic mass is 19.1. The summed E-state index contributed by atoms with van der Waals surface area (Å²) in [7, 11) is 0. The maximum Gasteiger partial charge on any atom is 0.341 e. The molecule has 184 valence electrons. The summed E-state index contributed by atoms with van der Waals surface area (Å²) in [5.74, 6) is -4.28. The fraction of sp³-hybridized carbons (Fsp3) is 0.160. The average Bonchev–Trinajstić information content (AvgIpc) is 3.39. The summed E-state index contributed by atoms with van der Waals surface area (Å²) in [5.41, 5.74) is -1.71. The molecule has 8 nitrogen and oxygen atoms in total. The van der Waals surface area contributed by atoms with Crippen LogP contribution in [-0.4, -0.2) is 52.6 Å². The summed E-state index contributed by atoms with van der Waals surface area (Å²) in [5, 5.41) is 9.20. The van der Waals surface area contributed by atoms with Crippen molar-refractivity contribution in [1.29, 1.82) is 0 Å². The first-order valence-electron chi connectivity index (χ1n) is 10.9. The molecule has 1 N–H and O–H groups in total. The average molecular weight is 497 g/mol. The largest absolute Gasteiger partial charge is 0.477 e. The van der Waals surface area contributed by atoms with E-state index < -0.39 is 34.4 Å². The lowest BCUT2D eigenvalue weighted by molar-refractivity contribution is 0.0691. The Morgan fingerprint density at radius 3 is 2.28 bits per heavy atom. The molecule has 4 aromatic rings. The Balaban J connectivity index is 1.57. The molecule has 2 aromatic carbocycles. The fourth-order valence-corrected chi connectivity index (χ4v) is 4.31. The highest BCUT2D eigenvalue weighted by Gasteiger charge is 2.26. The van der Waals surface area contributed by atoms with Crippen molar-refractivity contribution in [3.05, 3.63) is 93.9 Å². The number of anilines is 1. The molecule has 0 spiro atoms. The number of rotatable bonds is 4. The molecular formula is C25H18F3N3O5. The second kappa shape index (κ2) is 8.91. The van der Waals surface area contributed by atoms with Crippen LogP contribution in [0.1, 0.15) is 20.9 Å². The zero-order valence-corrected chi connectivity index (χ0v) is 18.6. The van der Waals surface area contributed by atoms with Gasteiger partial charge in [-0.3, -0.25) is 9.59 Å². The van der Waals surface area contributed by atoms with Crippen LogP contribution in [0.3, 0.4) is 0 Å². The van der Waals surface area contributed by atoms with E-state index in [0.29, 0.717) is 6.07 Å². The van der Waals surface area contributed by atoms with E-state index >= 15 is 4.39 Å². The van der Waals surface area contributed by atoms with Gasteiger partial charge in [0.2, 0.25) is 5.43 Å². The lowest BCUT2D eigenvalue weighted by Crippen LogP contribution is -2.49. The third-order valence-electron chi connectivity index (χ3n) is 6.11. The van der Waals surface area contributed by atoms with Gasteiger partial charge < -0.3 is 23.9 Å². The first-order chi connectivity index (χ1) is 17.2. The van der Waals surface area contributed by atoms with Crippen molar-refractivity contribution >= 4 is 28.5 Å². The number of carbonyl (C=O) groups is 2. The molecule has 0 bridgehead atoms. The number of amides is 1. The number of hydrogen-bond donors (Lipinski definition) is 1. The molecule has 1 amide bonds.